The summed E-state index contributed by atoms with van der Waals surface area (Å²) in [6, 6.07) is -0.940. The number of hydrogen-bond acceptors (Lipinski definition) is 4. The van der Waals surface area contributed by atoms with Crippen LogP contribution in [0.2, 0.25) is 0 Å². The molecule has 8 heteroatoms. The maximum Gasteiger partial charge on any atom is 0.331 e. The average Bonchev–Trinajstić information content (AvgIpc) is 2.48. The number of amides is 1. The topological polar surface area (TPSA) is 46.6 Å². The van der Waals surface area contributed by atoms with Gasteiger partial charge in [-0.2, -0.15) is 0 Å². The van der Waals surface area contributed by atoms with Crippen molar-refractivity contribution in [2.75, 3.05) is 6.07 Å². The average molecular weight is 319 g/mol. The summed E-state index contributed by atoms with van der Waals surface area (Å²) in [5.74, 6) is -0.988. The molecule has 0 aromatic carbocycles. The van der Waals surface area contributed by atoms with E-state index in [-0.39, 0.29) is 6.07 Å². The van der Waals surface area contributed by atoms with Crippen LogP contribution in [0.25, 0.3) is 0 Å². The van der Waals surface area contributed by atoms with E-state index in [9.17, 15) is 9.59 Å². The fraction of sp³-hybridized carbons (Fsp3) is 0.778. The Bertz CT molecular complexity index is 388. The molecule has 2 heterocycles. The van der Waals surface area contributed by atoms with Crippen LogP contribution in [0.15, 0.2) is 0 Å². The zero-order valence-electron chi connectivity index (χ0n) is 9.08. The first-order valence-electron chi connectivity index (χ1n) is 4.84. The number of carbonyl (C=O) groups is 2. The molecule has 2 aliphatic heterocycles. The zero-order chi connectivity index (χ0) is 13.0. The van der Waals surface area contributed by atoms with E-state index >= 15 is 0 Å². The highest BCUT2D eigenvalue weighted by Gasteiger charge is 2.70. The number of fused-ring (bicyclic) bond motifs is 1. The Labute approximate surface area is 118 Å². The second-order valence-corrected chi connectivity index (χ2v) is 7.72. The minimum Gasteiger partial charge on any atom is -0.448 e. The molecular formula is C9H10Cl3NO3S. The molecule has 0 bridgehead atoms. The van der Waals surface area contributed by atoms with Crippen molar-refractivity contribution in [3.05, 3.63) is 0 Å². The van der Waals surface area contributed by atoms with E-state index in [1.54, 1.807) is 0 Å². The van der Waals surface area contributed by atoms with Crippen LogP contribution in [-0.4, -0.2) is 43.3 Å². The molecule has 17 heavy (non-hydrogen) atoms. The minimum atomic E-state index is -1.45. The van der Waals surface area contributed by atoms with Gasteiger partial charge in [-0.05, 0) is 13.8 Å². The summed E-state index contributed by atoms with van der Waals surface area (Å²) in [6.07, 6.45) is 0. The van der Waals surface area contributed by atoms with Crippen molar-refractivity contribution in [1.29, 1.82) is 0 Å². The van der Waals surface area contributed by atoms with E-state index < -0.39 is 32.4 Å². The fourth-order valence-corrected chi connectivity index (χ4v) is 4.37. The van der Waals surface area contributed by atoms with Gasteiger partial charge in [0.05, 0.1) is 0 Å². The van der Waals surface area contributed by atoms with E-state index in [4.69, 9.17) is 39.5 Å². The van der Waals surface area contributed by atoms with Crippen LogP contribution in [0.4, 0.5) is 0 Å². The molecule has 0 aliphatic carbocycles. The van der Waals surface area contributed by atoms with Crippen LogP contribution >= 0.6 is 46.6 Å². The predicted molar refractivity (Wildman–Crippen MR) is 67.3 cm³/mol. The molecule has 0 spiro atoms. The normalized spacial score (nSPS) is 33.0. The molecule has 2 atom stereocenters. The van der Waals surface area contributed by atoms with Crippen LogP contribution in [0.1, 0.15) is 13.8 Å². The largest absolute Gasteiger partial charge is 0.448 e. The number of esters is 1. The number of ether oxygens (including phenoxy) is 1. The molecule has 2 rings (SSSR count). The Morgan fingerprint density at radius 3 is 2.65 bits per heavy atom. The van der Waals surface area contributed by atoms with Gasteiger partial charge in [-0.25, -0.2) is 4.79 Å². The van der Waals surface area contributed by atoms with Gasteiger partial charge in [-0.3, -0.25) is 4.79 Å². The van der Waals surface area contributed by atoms with Crippen molar-refractivity contribution >= 4 is 58.4 Å². The summed E-state index contributed by atoms with van der Waals surface area (Å²) in [5, 5.41) is -0.416. The smallest absolute Gasteiger partial charge is 0.331 e. The lowest BCUT2D eigenvalue weighted by atomic mass is 9.98. The van der Waals surface area contributed by atoms with Gasteiger partial charge in [-0.15, -0.1) is 11.8 Å². The van der Waals surface area contributed by atoms with E-state index in [0.29, 0.717) is 0 Å². The second-order valence-electron chi connectivity index (χ2n) is 4.38. The monoisotopic (exact) mass is 317 g/mol. The van der Waals surface area contributed by atoms with Crippen molar-refractivity contribution < 1.29 is 14.3 Å². The highest BCUT2D eigenvalue weighted by atomic mass is 35.5. The third kappa shape index (κ3) is 1.82. The number of carbonyl (C=O) groups excluding carboxylic acids is 2. The van der Waals surface area contributed by atoms with Crippen LogP contribution < -0.4 is 0 Å². The summed E-state index contributed by atoms with van der Waals surface area (Å²) in [5.41, 5.74) is 0. The molecule has 0 unspecified atom stereocenters. The van der Waals surface area contributed by atoms with E-state index in [1.807, 2.05) is 13.8 Å². The van der Waals surface area contributed by atoms with E-state index in [2.05, 4.69) is 0 Å². The maximum absolute atomic E-state index is 11.8. The molecule has 2 saturated heterocycles. The first-order chi connectivity index (χ1) is 7.73. The van der Waals surface area contributed by atoms with Crippen LogP contribution in [0.5, 0.6) is 0 Å². The number of halogens is 3. The summed E-state index contributed by atoms with van der Waals surface area (Å²) >= 11 is 18.6. The van der Waals surface area contributed by atoms with Crippen LogP contribution in [-0.2, 0) is 14.3 Å². The molecule has 1 amide bonds. The Kier molecular flexibility index (Phi) is 3.26. The fourth-order valence-electron chi connectivity index (χ4n) is 2.09. The molecule has 0 aromatic heterocycles. The van der Waals surface area contributed by atoms with E-state index in [0.717, 1.165) is 0 Å². The SMILES string of the molecule is CC1(C)S[C@H]2N(C(=O)C2(Cl)Cl)[C@H]1C(=O)OCCl. The summed E-state index contributed by atoms with van der Waals surface area (Å²) in [4.78, 5) is 25.0. The Morgan fingerprint density at radius 2 is 2.12 bits per heavy atom. The maximum atomic E-state index is 11.8. The number of hydrogen-bond donors (Lipinski definition) is 0. The number of thioether (sulfide) groups is 1. The first-order valence-corrected chi connectivity index (χ1v) is 7.01. The van der Waals surface area contributed by atoms with Gasteiger partial charge < -0.3 is 9.64 Å². The Hall–Kier alpha value is 0.160. The predicted octanol–water partition coefficient (Wildman–Crippen LogP) is 1.96. The molecule has 2 aliphatic rings. The van der Waals surface area contributed by atoms with Crippen molar-refractivity contribution in [1.82, 2.24) is 4.90 Å². The van der Waals surface area contributed by atoms with Gasteiger partial charge in [0.15, 0.2) is 6.07 Å². The summed E-state index contributed by atoms with van der Waals surface area (Å²) < 4.78 is 2.81. The molecule has 96 valence electrons. The molecule has 4 nitrogen and oxygen atoms in total. The van der Waals surface area contributed by atoms with Crippen molar-refractivity contribution in [3.63, 3.8) is 0 Å². The van der Waals surface area contributed by atoms with Gasteiger partial charge in [0.2, 0.25) is 4.33 Å². The number of β-lactam (4-membered cyclic amide) rings is 1. The third-order valence-electron chi connectivity index (χ3n) is 2.85. The van der Waals surface area contributed by atoms with Crippen molar-refractivity contribution in [3.8, 4) is 0 Å². The van der Waals surface area contributed by atoms with Crippen molar-refractivity contribution in [2.24, 2.45) is 0 Å². The summed E-state index contributed by atoms with van der Waals surface area (Å²) in [7, 11) is 0. The number of rotatable bonds is 2. The Morgan fingerprint density at radius 1 is 1.53 bits per heavy atom. The van der Waals surface area contributed by atoms with E-state index in [1.165, 1.54) is 16.7 Å². The molecule has 0 saturated carbocycles. The number of nitrogens with zero attached hydrogens (tertiary/aromatic N) is 1. The molecule has 0 radical (unpaired) electrons. The third-order valence-corrected chi connectivity index (χ3v) is 5.59. The van der Waals surface area contributed by atoms with Gasteiger partial charge in [0.1, 0.15) is 11.4 Å². The first kappa shape index (κ1) is 13.6. The zero-order valence-corrected chi connectivity index (χ0v) is 12.2. The molecular weight excluding hydrogens is 309 g/mol. The van der Waals surface area contributed by atoms with Gasteiger partial charge in [0.25, 0.3) is 5.91 Å². The molecule has 0 aromatic rings. The Balaban J connectivity index is 2.28. The minimum absolute atomic E-state index is 0.240. The van der Waals surface area contributed by atoms with Crippen LogP contribution in [0, 0.1) is 0 Å². The van der Waals surface area contributed by atoms with Crippen LogP contribution in [0.3, 0.4) is 0 Å². The van der Waals surface area contributed by atoms with Gasteiger partial charge >= 0.3 is 5.97 Å². The molecule has 2 fully saturated rings. The lowest BCUT2D eigenvalue weighted by molar-refractivity contribution is -0.160. The van der Waals surface area contributed by atoms with Gasteiger partial charge in [-0.1, -0.05) is 34.8 Å². The lowest BCUT2D eigenvalue weighted by Gasteiger charge is -2.45. The quantitative estimate of drug-likeness (QED) is 0.444. The van der Waals surface area contributed by atoms with Crippen molar-refractivity contribution in [2.45, 2.75) is 34.3 Å². The number of alkyl halides is 3. The highest BCUT2D eigenvalue weighted by molar-refractivity contribution is 8.02. The highest BCUT2D eigenvalue weighted by Crippen LogP contribution is 2.58. The lowest BCUT2D eigenvalue weighted by Crippen LogP contribution is -2.68. The standard InChI is InChI=1S/C9H10Cl3NO3S/c1-8(2)4(5(14)16-3-10)13-6(15)9(11,12)7(13)17-8/h4,7H,3H2,1-2H3/t4-,7+/m0/s1. The van der Waals surface area contributed by atoms with Gasteiger partial charge in [0, 0.05) is 4.75 Å². The second kappa shape index (κ2) is 4.08. The molecule has 0 N–H and O–H groups in total. The summed E-state index contributed by atoms with van der Waals surface area (Å²) in [6.45, 7) is 3.68.